The van der Waals surface area contributed by atoms with Crippen LogP contribution in [-0.2, 0) is 11.3 Å². The van der Waals surface area contributed by atoms with Crippen LogP contribution >= 0.6 is 0 Å². The van der Waals surface area contributed by atoms with Crippen molar-refractivity contribution in [1.82, 2.24) is 4.57 Å². The first kappa shape index (κ1) is 12.1. The number of nitrogens with two attached hydrogens (primary N) is 1. The Hall–Kier alpha value is -1.32. The standard InChI is InChI=1S/C14H20N2O/c1-11(7-9-17-2)16-8-6-13-12(10-15)4-3-5-14(13)16/h3-6,8,11H,7,9-10,15H2,1-2H3. The van der Waals surface area contributed by atoms with Crippen molar-refractivity contribution in [3.8, 4) is 0 Å². The fraction of sp³-hybridized carbons (Fsp3) is 0.429. The van der Waals surface area contributed by atoms with Crippen LogP contribution in [0.25, 0.3) is 10.9 Å². The van der Waals surface area contributed by atoms with Gasteiger partial charge in [0.25, 0.3) is 0 Å². The summed E-state index contributed by atoms with van der Waals surface area (Å²) in [7, 11) is 1.74. The second-order valence-corrected chi connectivity index (χ2v) is 4.41. The molecule has 2 aromatic rings. The topological polar surface area (TPSA) is 40.2 Å². The number of nitrogens with zero attached hydrogens (tertiary/aromatic N) is 1. The number of fused-ring (bicyclic) bond motifs is 1. The zero-order chi connectivity index (χ0) is 12.3. The number of aromatic nitrogens is 1. The Morgan fingerprint density at radius 3 is 2.88 bits per heavy atom. The molecule has 2 N–H and O–H groups in total. The lowest BCUT2D eigenvalue weighted by Crippen LogP contribution is -2.06. The molecule has 3 heteroatoms. The van der Waals surface area contributed by atoms with E-state index in [2.05, 4.69) is 42.0 Å². The molecule has 92 valence electrons. The quantitative estimate of drug-likeness (QED) is 0.861. The summed E-state index contributed by atoms with van der Waals surface area (Å²) < 4.78 is 7.43. The van der Waals surface area contributed by atoms with Gasteiger partial charge in [-0.05, 0) is 31.0 Å². The van der Waals surface area contributed by atoms with Crippen molar-refractivity contribution in [2.45, 2.75) is 25.9 Å². The predicted molar refractivity (Wildman–Crippen MR) is 71.0 cm³/mol. The molecule has 17 heavy (non-hydrogen) atoms. The van der Waals surface area contributed by atoms with Gasteiger partial charge in [-0.15, -0.1) is 0 Å². The predicted octanol–water partition coefficient (Wildman–Crippen LogP) is 2.70. The van der Waals surface area contributed by atoms with Gasteiger partial charge in [0.2, 0.25) is 0 Å². The minimum atomic E-state index is 0.445. The fourth-order valence-electron chi connectivity index (χ4n) is 2.24. The van der Waals surface area contributed by atoms with Gasteiger partial charge in [-0.2, -0.15) is 0 Å². The van der Waals surface area contributed by atoms with Gasteiger partial charge in [-0.25, -0.2) is 0 Å². The molecule has 0 saturated carbocycles. The van der Waals surface area contributed by atoms with Gasteiger partial charge < -0.3 is 15.0 Å². The molecule has 0 radical (unpaired) electrons. The van der Waals surface area contributed by atoms with E-state index in [1.807, 2.05) is 0 Å². The number of ether oxygens (including phenoxy) is 1. The summed E-state index contributed by atoms with van der Waals surface area (Å²) in [6.07, 6.45) is 3.16. The van der Waals surface area contributed by atoms with Gasteiger partial charge >= 0.3 is 0 Å². The number of methoxy groups -OCH3 is 1. The lowest BCUT2D eigenvalue weighted by Gasteiger charge is -2.15. The normalized spacial score (nSPS) is 13.1. The third-order valence-electron chi connectivity index (χ3n) is 3.29. The van der Waals surface area contributed by atoms with Gasteiger partial charge in [0.15, 0.2) is 0 Å². The smallest absolute Gasteiger partial charge is 0.0486 e. The van der Waals surface area contributed by atoms with E-state index in [-0.39, 0.29) is 0 Å². The van der Waals surface area contributed by atoms with Crippen LogP contribution in [0, 0.1) is 0 Å². The van der Waals surface area contributed by atoms with E-state index in [0.717, 1.165) is 13.0 Å². The van der Waals surface area contributed by atoms with Crippen LogP contribution in [-0.4, -0.2) is 18.3 Å². The lowest BCUT2D eigenvalue weighted by atomic mass is 10.1. The molecule has 1 aromatic carbocycles. The van der Waals surface area contributed by atoms with Crippen molar-refractivity contribution in [3.63, 3.8) is 0 Å². The molecular formula is C14H20N2O. The second kappa shape index (κ2) is 5.34. The number of rotatable bonds is 5. The number of benzene rings is 1. The summed E-state index contributed by atoms with van der Waals surface area (Å²) in [6, 6.07) is 8.91. The third-order valence-corrected chi connectivity index (χ3v) is 3.29. The van der Waals surface area contributed by atoms with E-state index in [9.17, 15) is 0 Å². The zero-order valence-corrected chi connectivity index (χ0v) is 10.5. The van der Waals surface area contributed by atoms with Gasteiger partial charge in [0.1, 0.15) is 0 Å². The van der Waals surface area contributed by atoms with Crippen molar-refractivity contribution >= 4 is 10.9 Å². The van der Waals surface area contributed by atoms with Crippen LogP contribution in [0.15, 0.2) is 30.5 Å². The van der Waals surface area contributed by atoms with Crippen LogP contribution in [0.5, 0.6) is 0 Å². The molecule has 0 fully saturated rings. The van der Waals surface area contributed by atoms with Gasteiger partial charge in [0, 0.05) is 43.4 Å². The Kier molecular flexibility index (Phi) is 3.82. The van der Waals surface area contributed by atoms with E-state index >= 15 is 0 Å². The molecule has 0 saturated heterocycles. The Bertz CT molecular complexity index is 490. The summed E-state index contributed by atoms with van der Waals surface area (Å²) in [4.78, 5) is 0. The Morgan fingerprint density at radius 1 is 1.35 bits per heavy atom. The van der Waals surface area contributed by atoms with Crippen molar-refractivity contribution in [2.75, 3.05) is 13.7 Å². The van der Waals surface area contributed by atoms with Crippen molar-refractivity contribution in [3.05, 3.63) is 36.0 Å². The van der Waals surface area contributed by atoms with Crippen LogP contribution in [0.4, 0.5) is 0 Å². The van der Waals surface area contributed by atoms with Crippen LogP contribution in [0.1, 0.15) is 24.9 Å². The molecule has 0 aliphatic carbocycles. The van der Waals surface area contributed by atoms with E-state index < -0.39 is 0 Å². The van der Waals surface area contributed by atoms with Crippen LogP contribution in [0.3, 0.4) is 0 Å². The average molecular weight is 232 g/mol. The highest BCUT2D eigenvalue weighted by Gasteiger charge is 2.09. The lowest BCUT2D eigenvalue weighted by molar-refractivity contribution is 0.182. The largest absolute Gasteiger partial charge is 0.385 e. The third kappa shape index (κ3) is 2.35. The van der Waals surface area contributed by atoms with E-state index in [1.165, 1.54) is 16.5 Å². The summed E-state index contributed by atoms with van der Waals surface area (Å²) in [6.45, 7) is 3.60. The molecule has 0 amide bonds. The molecule has 1 aromatic heterocycles. The second-order valence-electron chi connectivity index (χ2n) is 4.41. The Labute approximate surface area is 102 Å². The SMILES string of the molecule is COCCC(C)n1ccc2c(CN)cccc21. The summed E-state index contributed by atoms with van der Waals surface area (Å²) in [5.41, 5.74) is 8.22. The molecule has 0 aliphatic rings. The minimum absolute atomic E-state index is 0.445. The zero-order valence-electron chi connectivity index (χ0n) is 10.5. The van der Waals surface area contributed by atoms with Crippen LogP contribution < -0.4 is 5.73 Å². The first-order valence-electron chi connectivity index (χ1n) is 6.05. The first-order valence-corrected chi connectivity index (χ1v) is 6.05. The number of hydrogen-bond donors (Lipinski definition) is 1. The minimum Gasteiger partial charge on any atom is -0.385 e. The van der Waals surface area contributed by atoms with Crippen molar-refractivity contribution in [2.24, 2.45) is 5.73 Å². The molecule has 2 rings (SSSR count). The first-order chi connectivity index (χ1) is 8.27. The van der Waals surface area contributed by atoms with E-state index in [1.54, 1.807) is 7.11 Å². The highest BCUT2D eigenvalue weighted by atomic mass is 16.5. The van der Waals surface area contributed by atoms with Crippen molar-refractivity contribution in [1.29, 1.82) is 0 Å². The molecule has 0 bridgehead atoms. The van der Waals surface area contributed by atoms with Gasteiger partial charge in [-0.3, -0.25) is 0 Å². The summed E-state index contributed by atoms with van der Waals surface area (Å²) >= 11 is 0. The highest BCUT2D eigenvalue weighted by Crippen LogP contribution is 2.24. The molecule has 1 heterocycles. The maximum absolute atomic E-state index is 5.75. The Morgan fingerprint density at radius 2 is 2.18 bits per heavy atom. The average Bonchev–Trinajstić information content (AvgIpc) is 2.79. The molecule has 1 unspecified atom stereocenters. The van der Waals surface area contributed by atoms with E-state index in [0.29, 0.717) is 12.6 Å². The highest BCUT2D eigenvalue weighted by molar-refractivity contribution is 5.83. The molecular weight excluding hydrogens is 212 g/mol. The number of hydrogen-bond acceptors (Lipinski definition) is 2. The maximum Gasteiger partial charge on any atom is 0.0486 e. The molecule has 0 spiro atoms. The Balaban J connectivity index is 2.36. The molecule has 1 atom stereocenters. The molecule has 3 nitrogen and oxygen atoms in total. The fourth-order valence-corrected chi connectivity index (χ4v) is 2.24. The van der Waals surface area contributed by atoms with Gasteiger partial charge in [0.05, 0.1) is 0 Å². The maximum atomic E-state index is 5.75. The summed E-state index contributed by atoms with van der Waals surface area (Å²) in [5.74, 6) is 0. The van der Waals surface area contributed by atoms with E-state index in [4.69, 9.17) is 10.5 Å². The van der Waals surface area contributed by atoms with Crippen molar-refractivity contribution < 1.29 is 4.74 Å². The monoisotopic (exact) mass is 232 g/mol. The van der Waals surface area contributed by atoms with Crippen LogP contribution in [0.2, 0.25) is 0 Å². The summed E-state index contributed by atoms with van der Waals surface area (Å²) in [5, 5.41) is 1.26. The van der Waals surface area contributed by atoms with Gasteiger partial charge in [-0.1, -0.05) is 12.1 Å². The molecule has 0 aliphatic heterocycles.